The van der Waals surface area contributed by atoms with Crippen LogP contribution < -0.4 is 18.9 Å². The highest BCUT2D eigenvalue weighted by molar-refractivity contribution is 5.98. The molecule has 0 saturated carbocycles. The van der Waals surface area contributed by atoms with Gasteiger partial charge in [-0.05, 0) is 64.7 Å². The number of methoxy groups -OCH3 is 1. The number of hydrogen-bond donors (Lipinski definition) is 0. The molecule has 0 heterocycles. The largest absolute Gasteiger partial charge is 0.493 e. The van der Waals surface area contributed by atoms with E-state index in [0.29, 0.717) is 35.7 Å². The molecule has 0 spiro atoms. The molecular weight excluding hydrogens is 452 g/mol. The van der Waals surface area contributed by atoms with Crippen LogP contribution in [0.4, 0.5) is 0 Å². The maximum absolute atomic E-state index is 13.3. The maximum Gasteiger partial charge on any atom is 0.166 e. The van der Waals surface area contributed by atoms with Crippen molar-refractivity contribution in [1.82, 2.24) is 0 Å². The summed E-state index contributed by atoms with van der Waals surface area (Å²) in [6.45, 7) is 12.6. The highest BCUT2D eigenvalue weighted by Crippen LogP contribution is 2.38. The number of carbonyl (C=O) groups is 1. The molecule has 0 aliphatic carbocycles. The summed E-state index contributed by atoms with van der Waals surface area (Å²) in [5.74, 6) is 2.77. The number of Topliss-reactive ketones (excluding diaryl/α,β-unsaturated/α-hetero) is 1. The van der Waals surface area contributed by atoms with Crippen molar-refractivity contribution in [3.05, 3.63) is 47.5 Å². The maximum atomic E-state index is 13.3. The van der Waals surface area contributed by atoms with Gasteiger partial charge in [-0.15, -0.1) is 0 Å². The van der Waals surface area contributed by atoms with Crippen LogP contribution in [0.2, 0.25) is 0 Å². The SMILES string of the molecule is CCCC(C)Oc1cc(CCC(=O)c2ccccc2OC(C)CCC)c(OC(C)CCC)c(OC)c1. The van der Waals surface area contributed by atoms with Crippen LogP contribution in [0.1, 0.15) is 102 Å². The van der Waals surface area contributed by atoms with Crippen LogP contribution in [-0.4, -0.2) is 31.2 Å². The number of aryl methyl sites for hydroxylation is 1. The van der Waals surface area contributed by atoms with Crippen LogP contribution in [0, 0.1) is 0 Å². The molecule has 0 aliphatic heterocycles. The second kappa shape index (κ2) is 15.4. The normalized spacial score (nSPS) is 13.5. The molecule has 0 amide bonds. The quantitative estimate of drug-likeness (QED) is 0.206. The number of benzene rings is 2. The van der Waals surface area contributed by atoms with Crippen molar-refractivity contribution in [2.75, 3.05) is 7.11 Å². The molecule has 200 valence electrons. The Morgan fingerprint density at radius 1 is 0.778 bits per heavy atom. The minimum Gasteiger partial charge on any atom is -0.493 e. The van der Waals surface area contributed by atoms with Gasteiger partial charge in [0, 0.05) is 18.1 Å². The van der Waals surface area contributed by atoms with Crippen molar-refractivity contribution in [1.29, 1.82) is 0 Å². The molecule has 0 saturated heterocycles. The van der Waals surface area contributed by atoms with Gasteiger partial charge in [0.05, 0.1) is 31.0 Å². The Morgan fingerprint density at radius 2 is 1.36 bits per heavy atom. The lowest BCUT2D eigenvalue weighted by Crippen LogP contribution is -2.15. The monoisotopic (exact) mass is 498 g/mol. The minimum absolute atomic E-state index is 0.0401. The second-order valence-corrected chi connectivity index (χ2v) is 9.68. The molecule has 36 heavy (non-hydrogen) atoms. The number of ketones is 1. The van der Waals surface area contributed by atoms with E-state index in [-0.39, 0.29) is 24.1 Å². The van der Waals surface area contributed by atoms with E-state index in [2.05, 4.69) is 34.6 Å². The van der Waals surface area contributed by atoms with E-state index in [1.54, 1.807) is 7.11 Å². The van der Waals surface area contributed by atoms with E-state index >= 15 is 0 Å². The second-order valence-electron chi connectivity index (χ2n) is 9.68. The number of para-hydroxylation sites is 1. The molecule has 5 heteroatoms. The smallest absolute Gasteiger partial charge is 0.166 e. The zero-order valence-corrected chi connectivity index (χ0v) is 23.4. The fraction of sp³-hybridized carbons (Fsp3) is 0.581. The summed E-state index contributed by atoms with van der Waals surface area (Å²) in [4.78, 5) is 13.3. The first kappa shape index (κ1) is 29.5. The summed E-state index contributed by atoms with van der Waals surface area (Å²) in [7, 11) is 1.64. The zero-order valence-electron chi connectivity index (χ0n) is 23.4. The van der Waals surface area contributed by atoms with Gasteiger partial charge >= 0.3 is 0 Å². The first-order valence-electron chi connectivity index (χ1n) is 13.7. The summed E-state index contributed by atoms with van der Waals surface area (Å²) in [6.07, 6.45) is 7.01. The van der Waals surface area contributed by atoms with Crippen molar-refractivity contribution >= 4 is 5.78 Å². The Kier molecular flexibility index (Phi) is 12.7. The Bertz CT molecular complexity index is 939. The van der Waals surface area contributed by atoms with E-state index in [1.807, 2.05) is 43.3 Å². The summed E-state index contributed by atoms with van der Waals surface area (Å²) in [6, 6.07) is 11.4. The molecule has 0 radical (unpaired) electrons. The van der Waals surface area contributed by atoms with E-state index in [0.717, 1.165) is 49.8 Å². The molecular formula is C31H46O5. The predicted molar refractivity (Wildman–Crippen MR) is 147 cm³/mol. The first-order valence-corrected chi connectivity index (χ1v) is 13.7. The Balaban J connectivity index is 2.31. The van der Waals surface area contributed by atoms with E-state index in [4.69, 9.17) is 18.9 Å². The lowest BCUT2D eigenvalue weighted by atomic mass is 10.0. The van der Waals surface area contributed by atoms with Crippen LogP contribution in [0.3, 0.4) is 0 Å². The van der Waals surface area contributed by atoms with Gasteiger partial charge in [0.15, 0.2) is 17.3 Å². The number of ether oxygens (including phenoxy) is 4. The Labute approximate surface area is 218 Å². The molecule has 0 fully saturated rings. The van der Waals surface area contributed by atoms with Gasteiger partial charge in [-0.1, -0.05) is 52.2 Å². The number of hydrogen-bond acceptors (Lipinski definition) is 5. The van der Waals surface area contributed by atoms with Gasteiger partial charge in [-0.2, -0.15) is 0 Å². The fourth-order valence-electron chi connectivity index (χ4n) is 4.40. The number of carbonyl (C=O) groups excluding carboxylic acids is 1. The number of rotatable bonds is 17. The molecule has 2 aromatic rings. The summed E-state index contributed by atoms with van der Waals surface area (Å²) in [5, 5.41) is 0. The van der Waals surface area contributed by atoms with Gasteiger partial charge in [0.2, 0.25) is 0 Å². The lowest BCUT2D eigenvalue weighted by Gasteiger charge is -2.22. The molecule has 0 aromatic heterocycles. The van der Waals surface area contributed by atoms with Crippen LogP contribution in [-0.2, 0) is 6.42 Å². The molecule has 0 N–H and O–H groups in total. The van der Waals surface area contributed by atoms with Crippen LogP contribution in [0.15, 0.2) is 36.4 Å². The topological polar surface area (TPSA) is 54.0 Å². The van der Waals surface area contributed by atoms with Crippen molar-refractivity contribution in [3.63, 3.8) is 0 Å². The average molecular weight is 499 g/mol. The van der Waals surface area contributed by atoms with Crippen molar-refractivity contribution in [2.24, 2.45) is 0 Å². The Hall–Kier alpha value is -2.69. The van der Waals surface area contributed by atoms with Gasteiger partial charge in [-0.25, -0.2) is 0 Å². The lowest BCUT2D eigenvalue weighted by molar-refractivity contribution is 0.0975. The summed E-state index contributed by atoms with van der Waals surface area (Å²) in [5.41, 5.74) is 1.54. The third-order valence-electron chi connectivity index (χ3n) is 6.20. The first-order chi connectivity index (χ1) is 17.3. The minimum atomic E-state index is 0.0401. The molecule has 0 bridgehead atoms. The predicted octanol–water partition coefficient (Wildman–Crippen LogP) is 8.21. The van der Waals surface area contributed by atoms with Crippen LogP contribution in [0.5, 0.6) is 23.0 Å². The van der Waals surface area contributed by atoms with E-state index in [1.165, 1.54) is 0 Å². The summed E-state index contributed by atoms with van der Waals surface area (Å²) >= 11 is 0. The highest BCUT2D eigenvalue weighted by atomic mass is 16.5. The van der Waals surface area contributed by atoms with E-state index in [9.17, 15) is 4.79 Å². The molecule has 3 unspecified atom stereocenters. The van der Waals surface area contributed by atoms with Gasteiger partial charge in [0.25, 0.3) is 0 Å². The van der Waals surface area contributed by atoms with Crippen molar-refractivity contribution in [2.45, 2.75) is 111 Å². The third-order valence-corrected chi connectivity index (χ3v) is 6.20. The molecule has 2 aromatic carbocycles. The van der Waals surface area contributed by atoms with Crippen LogP contribution in [0.25, 0.3) is 0 Å². The van der Waals surface area contributed by atoms with Crippen molar-refractivity contribution < 1.29 is 23.7 Å². The standard InChI is InChI=1S/C31H46O5/c1-8-13-22(4)34-26-20-25(31(30(21-26)33-7)36-24(6)15-10-3)18-19-28(32)27-16-11-12-17-29(27)35-23(5)14-9-2/h11-12,16-17,20-24H,8-10,13-15,18-19H2,1-7H3. The molecule has 5 nitrogen and oxygen atoms in total. The molecule has 0 aliphatic rings. The fourth-order valence-corrected chi connectivity index (χ4v) is 4.40. The van der Waals surface area contributed by atoms with Crippen molar-refractivity contribution in [3.8, 4) is 23.0 Å². The van der Waals surface area contributed by atoms with Crippen LogP contribution >= 0.6 is 0 Å². The Morgan fingerprint density at radius 3 is 1.97 bits per heavy atom. The zero-order chi connectivity index (χ0) is 26.5. The summed E-state index contributed by atoms with van der Waals surface area (Å²) < 4.78 is 24.3. The van der Waals surface area contributed by atoms with Gasteiger partial charge in [-0.3, -0.25) is 4.79 Å². The third kappa shape index (κ3) is 9.07. The molecule has 2 rings (SSSR count). The van der Waals surface area contributed by atoms with Gasteiger partial charge in [0.1, 0.15) is 11.5 Å². The highest BCUT2D eigenvalue weighted by Gasteiger charge is 2.20. The van der Waals surface area contributed by atoms with E-state index < -0.39 is 0 Å². The average Bonchev–Trinajstić information content (AvgIpc) is 2.84. The molecule has 3 atom stereocenters. The van der Waals surface area contributed by atoms with Gasteiger partial charge < -0.3 is 18.9 Å².